The molecule has 2 atom stereocenters. The molecule has 1 aromatic carbocycles. The van der Waals surface area contributed by atoms with E-state index in [2.05, 4.69) is 5.32 Å². The zero-order valence-corrected chi connectivity index (χ0v) is 12.5. The fraction of sp³-hybridized carbons (Fsp3) is 0.500. The monoisotopic (exact) mass is 313 g/mol. The van der Waals surface area contributed by atoms with Crippen LogP contribution < -0.4 is 11.1 Å². The lowest BCUT2D eigenvalue weighted by molar-refractivity contribution is 0.150. The van der Waals surface area contributed by atoms with Crippen LogP contribution in [0.25, 0.3) is 0 Å². The van der Waals surface area contributed by atoms with Gasteiger partial charge in [-0.25, -0.2) is 4.79 Å². The van der Waals surface area contributed by atoms with Gasteiger partial charge in [-0.3, -0.25) is 0 Å². The Morgan fingerprint density at radius 3 is 2.45 bits per heavy atom. The average Bonchev–Trinajstić information content (AvgIpc) is 2.66. The number of benzene rings is 1. The number of halogens is 2. The zero-order chi connectivity index (χ0) is 14.3. The number of piperidine rings is 1. The predicted molar refractivity (Wildman–Crippen MR) is 81.3 cm³/mol. The van der Waals surface area contributed by atoms with E-state index in [1.54, 1.807) is 18.2 Å². The van der Waals surface area contributed by atoms with Crippen LogP contribution in [-0.4, -0.2) is 29.1 Å². The van der Waals surface area contributed by atoms with E-state index in [0.717, 1.165) is 25.7 Å². The number of rotatable bonds is 1. The molecule has 0 aliphatic carbocycles. The van der Waals surface area contributed by atoms with Gasteiger partial charge in [-0.1, -0.05) is 23.2 Å². The fourth-order valence-electron chi connectivity index (χ4n) is 3.31. The number of anilines is 1. The number of fused-ring (bicyclic) bond motifs is 2. The molecule has 2 unspecified atom stereocenters. The molecule has 2 aliphatic heterocycles. The summed E-state index contributed by atoms with van der Waals surface area (Å²) in [7, 11) is 0. The van der Waals surface area contributed by atoms with Gasteiger partial charge in [0.05, 0.1) is 10.0 Å². The topological polar surface area (TPSA) is 58.4 Å². The number of nitrogens with zero attached hydrogens (tertiary/aromatic N) is 1. The number of urea groups is 1. The minimum atomic E-state index is -0.0669. The van der Waals surface area contributed by atoms with Crippen LogP contribution in [-0.2, 0) is 0 Å². The molecule has 0 saturated carbocycles. The van der Waals surface area contributed by atoms with Gasteiger partial charge in [0.2, 0.25) is 0 Å². The van der Waals surface area contributed by atoms with Gasteiger partial charge in [-0.15, -0.1) is 0 Å². The SMILES string of the molecule is NC1CC2CCC(C1)N2C(=O)Nc1ccc(Cl)c(Cl)c1. The first-order valence-electron chi connectivity index (χ1n) is 6.84. The summed E-state index contributed by atoms with van der Waals surface area (Å²) < 4.78 is 0. The van der Waals surface area contributed by atoms with Crippen molar-refractivity contribution in [2.24, 2.45) is 5.73 Å². The van der Waals surface area contributed by atoms with Crippen LogP contribution in [0.2, 0.25) is 10.0 Å². The van der Waals surface area contributed by atoms with Crippen molar-refractivity contribution in [1.29, 1.82) is 0 Å². The summed E-state index contributed by atoms with van der Waals surface area (Å²) in [4.78, 5) is 14.4. The van der Waals surface area contributed by atoms with Crippen molar-refractivity contribution in [2.45, 2.75) is 43.8 Å². The predicted octanol–water partition coefficient (Wildman–Crippen LogP) is 3.48. The molecule has 3 rings (SSSR count). The molecule has 1 aromatic rings. The Hall–Kier alpha value is -0.970. The van der Waals surface area contributed by atoms with E-state index in [4.69, 9.17) is 28.9 Å². The maximum absolute atomic E-state index is 12.4. The van der Waals surface area contributed by atoms with Crippen molar-refractivity contribution < 1.29 is 4.79 Å². The standard InChI is InChI=1S/C14H17Cl2N3O/c15-12-4-1-9(7-13(12)16)18-14(20)19-10-2-3-11(19)6-8(17)5-10/h1,4,7-8,10-11H,2-3,5-6,17H2,(H,18,20). The molecular formula is C14H17Cl2N3O. The molecule has 2 saturated heterocycles. The molecule has 2 aliphatic rings. The summed E-state index contributed by atoms with van der Waals surface area (Å²) in [6.45, 7) is 0. The summed E-state index contributed by atoms with van der Waals surface area (Å²) >= 11 is 11.8. The quantitative estimate of drug-likeness (QED) is 0.834. The van der Waals surface area contributed by atoms with Gasteiger partial charge in [0.25, 0.3) is 0 Å². The molecular weight excluding hydrogens is 297 g/mol. The molecule has 2 fully saturated rings. The lowest BCUT2D eigenvalue weighted by Crippen LogP contribution is -2.51. The van der Waals surface area contributed by atoms with Crippen LogP contribution >= 0.6 is 23.2 Å². The molecule has 0 aromatic heterocycles. The zero-order valence-electron chi connectivity index (χ0n) is 11.0. The van der Waals surface area contributed by atoms with Crippen LogP contribution in [0.15, 0.2) is 18.2 Å². The van der Waals surface area contributed by atoms with E-state index >= 15 is 0 Å². The van der Waals surface area contributed by atoms with Gasteiger partial charge >= 0.3 is 6.03 Å². The number of nitrogens with one attached hydrogen (secondary N) is 1. The van der Waals surface area contributed by atoms with E-state index in [0.29, 0.717) is 15.7 Å². The summed E-state index contributed by atoms with van der Waals surface area (Å²) in [5, 5.41) is 3.82. The maximum atomic E-state index is 12.4. The third-order valence-electron chi connectivity index (χ3n) is 4.17. The molecule has 3 N–H and O–H groups in total. The molecule has 2 amide bonds. The van der Waals surface area contributed by atoms with E-state index in [9.17, 15) is 4.79 Å². The van der Waals surface area contributed by atoms with Crippen LogP contribution in [0.5, 0.6) is 0 Å². The van der Waals surface area contributed by atoms with Crippen LogP contribution in [0.3, 0.4) is 0 Å². The minimum Gasteiger partial charge on any atom is -0.328 e. The number of hydrogen-bond donors (Lipinski definition) is 2. The van der Waals surface area contributed by atoms with Crippen LogP contribution in [0.4, 0.5) is 10.5 Å². The van der Waals surface area contributed by atoms with Crippen molar-refractivity contribution in [1.82, 2.24) is 4.90 Å². The number of nitrogens with two attached hydrogens (primary N) is 1. The molecule has 2 heterocycles. The number of hydrogen-bond acceptors (Lipinski definition) is 2. The van der Waals surface area contributed by atoms with Crippen molar-refractivity contribution in [2.75, 3.05) is 5.32 Å². The average molecular weight is 314 g/mol. The normalized spacial score (nSPS) is 28.6. The summed E-state index contributed by atoms with van der Waals surface area (Å²) in [6.07, 6.45) is 3.89. The Morgan fingerprint density at radius 1 is 1.20 bits per heavy atom. The van der Waals surface area contributed by atoms with Crippen molar-refractivity contribution >= 4 is 34.9 Å². The lowest BCUT2D eigenvalue weighted by atomic mass is 9.99. The highest BCUT2D eigenvalue weighted by Gasteiger charge is 2.42. The van der Waals surface area contributed by atoms with E-state index in [1.807, 2.05) is 4.90 Å². The van der Waals surface area contributed by atoms with Crippen LogP contribution in [0.1, 0.15) is 25.7 Å². The summed E-state index contributed by atoms with van der Waals surface area (Å²) in [5.74, 6) is 0. The highest BCUT2D eigenvalue weighted by atomic mass is 35.5. The number of carbonyl (C=O) groups excluding carboxylic acids is 1. The third kappa shape index (κ3) is 2.60. The molecule has 6 heteroatoms. The van der Waals surface area contributed by atoms with Crippen LogP contribution in [0, 0.1) is 0 Å². The van der Waals surface area contributed by atoms with Crippen molar-refractivity contribution in [3.05, 3.63) is 28.2 Å². The minimum absolute atomic E-state index is 0.0669. The fourth-order valence-corrected chi connectivity index (χ4v) is 3.61. The highest BCUT2D eigenvalue weighted by molar-refractivity contribution is 6.42. The smallest absolute Gasteiger partial charge is 0.322 e. The Morgan fingerprint density at radius 2 is 1.85 bits per heavy atom. The lowest BCUT2D eigenvalue weighted by Gasteiger charge is -2.37. The highest BCUT2D eigenvalue weighted by Crippen LogP contribution is 2.35. The van der Waals surface area contributed by atoms with Gasteiger partial charge in [-0.05, 0) is 43.9 Å². The number of amides is 2. The molecule has 0 radical (unpaired) electrons. The first kappa shape index (κ1) is 14.0. The first-order valence-corrected chi connectivity index (χ1v) is 7.60. The second kappa shape index (κ2) is 5.43. The molecule has 108 valence electrons. The van der Waals surface area contributed by atoms with E-state index in [-0.39, 0.29) is 24.2 Å². The Kier molecular flexibility index (Phi) is 3.80. The summed E-state index contributed by atoms with van der Waals surface area (Å²) in [5.41, 5.74) is 6.68. The number of carbonyl (C=O) groups is 1. The Balaban J connectivity index is 1.72. The second-order valence-electron chi connectivity index (χ2n) is 5.58. The van der Waals surface area contributed by atoms with E-state index in [1.165, 1.54) is 0 Å². The molecule has 20 heavy (non-hydrogen) atoms. The maximum Gasteiger partial charge on any atom is 0.322 e. The van der Waals surface area contributed by atoms with Crippen molar-refractivity contribution in [3.63, 3.8) is 0 Å². The van der Waals surface area contributed by atoms with E-state index < -0.39 is 0 Å². The second-order valence-corrected chi connectivity index (χ2v) is 6.40. The molecule has 4 nitrogen and oxygen atoms in total. The first-order chi connectivity index (χ1) is 9.54. The largest absolute Gasteiger partial charge is 0.328 e. The van der Waals surface area contributed by atoms with Gasteiger partial charge in [0.15, 0.2) is 0 Å². The van der Waals surface area contributed by atoms with Crippen molar-refractivity contribution in [3.8, 4) is 0 Å². The Labute approximate surface area is 128 Å². The van der Waals surface area contributed by atoms with Gasteiger partial charge in [-0.2, -0.15) is 0 Å². The molecule has 0 spiro atoms. The Bertz CT molecular complexity index is 523. The third-order valence-corrected chi connectivity index (χ3v) is 4.91. The van der Waals surface area contributed by atoms with Gasteiger partial charge < -0.3 is 16.0 Å². The summed E-state index contributed by atoms with van der Waals surface area (Å²) in [6, 6.07) is 5.80. The van der Waals surface area contributed by atoms with Gasteiger partial charge in [0.1, 0.15) is 0 Å². The van der Waals surface area contributed by atoms with Gasteiger partial charge in [0, 0.05) is 23.8 Å². The molecule has 2 bridgehead atoms.